The van der Waals surface area contributed by atoms with Crippen molar-refractivity contribution in [2.45, 2.75) is 0 Å². The van der Waals surface area contributed by atoms with E-state index >= 15 is 0 Å². The third-order valence-corrected chi connectivity index (χ3v) is 14.9. The first-order valence-electron chi connectivity index (χ1n) is 23.3. The molecule has 2 aromatic heterocycles. The average Bonchev–Trinajstić information content (AvgIpc) is 3.98. The monoisotopic (exact) mass is 867 g/mol. The van der Waals surface area contributed by atoms with Crippen LogP contribution in [0, 0.1) is 0 Å². The van der Waals surface area contributed by atoms with Gasteiger partial charge in [0.15, 0.2) is 0 Å². The molecule has 314 valence electrons. The normalized spacial score (nSPS) is 13.9. The number of para-hydroxylation sites is 5. The second-order valence-corrected chi connectivity index (χ2v) is 18.3. The summed E-state index contributed by atoms with van der Waals surface area (Å²) in [7, 11) is 0. The molecule has 6 heterocycles. The van der Waals surface area contributed by atoms with E-state index in [0.717, 1.165) is 117 Å². The van der Waals surface area contributed by atoms with Crippen LogP contribution in [0.25, 0.3) is 43.9 Å². The molecule has 0 saturated carbocycles. The van der Waals surface area contributed by atoms with E-state index in [1.165, 1.54) is 21.9 Å². The van der Waals surface area contributed by atoms with Crippen LogP contribution in [0.5, 0.6) is 11.5 Å². The molecule has 0 unspecified atom stereocenters. The van der Waals surface area contributed by atoms with Crippen LogP contribution < -0.4 is 52.2 Å². The van der Waals surface area contributed by atoms with Crippen LogP contribution in [0.3, 0.4) is 0 Å². The van der Waals surface area contributed by atoms with Crippen molar-refractivity contribution in [1.82, 2.24) is 0 Å². The van der Waals surface area contributed by atoms with Gasteiger partial charge in [0.1, 0.15) is 33.8 Å². The minimum absolute atomic E-state index is 0.129. The van der Waals surface area contributed by atoms with Gasteiger partial charge in [-0.2, -0.15) is 0 Å². The molecular weight excluding hydrogens is 832 g/mol. The topological polar surface area (TPSA) is 45.2 Å². The molecule has 8 heteroatoms. The van der Waals surface area contributed by atoms with Crippen LogP contribution in [-0.2, 0) is 0 Å². The van der Waals surface area contributed by atoms with E-state index in [9.17, 15) is 0 Å². The largest absolute Gasteiger partial charge is 0.458 e. The maximum atomic E-state index is 7.26. The Morgan fingerprint density at radius 3 is 1.35 bits per heavy atom. The number of furan rings is 2. The standard InChI is InChI=1S/C60H35B2N3O3/c1-4-16-36(17-5-1)63-45-24-14-25-46-57(45)61(41-30-32-51-55(39-22-10-12-27-49(39)66-51)59(41)64(46)37-18-6-2-7-19-37)43-34-44-54(35-48(43)63)68-53-29-15-26-47-58(53)62(44)42-31-33-52-56(40-23-11-13-28-50(40)67-52)60(42)65(47)38-20-8-3-9-21-38/h1-35H. The van der Waals surface area contributed by atoms with Crippen LogP contribution in [0.15, 0.2) is 221 Å². The van der Waals surface area contributed by atoms with Crippen molar-refractivity contribution in [3.05, 3.63) is 212 Å². The lowest BCUT2D eigenvalue weighted by Crippen LogP contribution is -2.64. The number of nitrogens with zero attached hydrogens (tertiary/aromatic N) is 3. The Bertz CT molecular complexity index is 4110. The molecule has 0 N–H and O–H groups in total. The molecule has 0 amide bonds. The molecule has 4 aliphatic rings. The molecule has 0 atom stereocenters. The van der Waals surface area contributed by atoms with Gasteiger partial charge < -0.3 is 28.3 Å². The van der Waals surface area contributed by atoms with Crippen molar-refractivity contribution in [2.24, 2.45) is 0 Å². The molecule has 0 bridgehead atoms. The van der Waals surface area contributed by atoms with Gasteiger partial charge in [-0.25, -0.2) is 0 Å². The predicted octanol–water partition coefficient (Wildman–Crippen LogP) is 12.0. The summed E-state index contributed by atoms with van der Waals surface area (Å²) in [6.07, 6.45) is 0. The Labute approximate surface area is 391 Å². The predicted molar refractivity (Wildman–Crippen MR) is 281 cm³/mol. The molecular formula is C60H35B2N3O3. The summed E-state index contributed by atoms with van der Waals surface area (Å²) in [5.74, 6) is 1.72. The highest BCUT2D eigenvalue weighted by Gasteiger charge is 2.48. The lowest BCUT2D eigenvalue weighted by Gasteiger charge is -2.45. The van der Waals surface area contributed by atoms with Crippen LogP contribution in [-0.4, -0.2) is 13.4 Å². The van der Waals surface area contributed by atoms with Crippen molar-refractivity contribution in [1.29, 1.82) is 0 Å². The molecule has 16 rings (SSSR count). The Morgan fingerprint density at radius 1 is 0.309 bits per heavy atom. The van der Waals surface area contributed by atoms with Crippen molar-refractivity contribution < 1.29 is 13.6 Å². The van der Waals surface area contributed by atoms with Crippen LogP contribution in [0.1, 0.15) is 0 Å². The molecule has 10 aromatic carbocycles. The van der Waals surface area contributed by atoms with Gasteiger partial charge in [0.05, 0.1) is 22.1 Å². The fourth-order valence-corrected chi connectivity index (χ4v) is 12.2. The van der Waals surface area contributed by atoms with E-state index in [0.29, 0.717) is 0 Å². The zero-order valence-corrected chi connectivity index (χ0v) is 36.4. The Balaban J connectivity index is 1.02. The summed E-state index contributed by atoms with van der Waals surface area (Å²) in [5.41, 5.74) is 20.7. The van der Waals surface area contributed by atoms with Gasteiger partial charge >= 0.3 is 0 Å². The quantitative estimate of drug-likeness (QED) is 0.165. The Hall–Kier alpha value is -8.87. The number of fused-ring (bicyclic) bond motifs is 16. The second-order valence-electron chi connectivity index (χ2n) is 18.3. The van der Waals surface area contributed by atoms with Crippen molar-refractivity contribution in [3.8, 4) is 11.5 Å². The van der Waals surface area contributed by atoms with Crippen LogP contribution in [0.4, 0.5) is 51.2 Å². The SMILES string of the molecule is c1ccc(N2c3cc4c(cc3B3c5ccc6oc7ccccc7c6c5N(c5ccccc5)c5cccc2c53)B2c3ccc5oc6ccccc6c5c3N(c3ccccc3)c3cccc(c32)O4)cc1. The third-order valence-electron chi connectivity index (χ3n) is 14.9. The van der Waals surface area contributed by atoms with Gasteiger partial charge in [-0.1, -0.05) is 121 Å². The minimum Gasteiger partial charge on any atom is -0.458 e. The zero-order valence-electron chi connectivity index (χ0n) is 36.4. The zero-order chi connectivity index (χ0) is 44.2. The summed E-state index contributed by atoms with van der Waals surface area (Å²) in [6.45, 7) is -0.274. The highest BCUT2D eigenvalue weighted by molar-refractivity contribution is 7.03. The first kappa shape index (κ1) is 36.4. The summed E-state index contributed by atoms with van der Waals surface area (Å²) in [5, 5.41) is 4.42. The fraction of sp³-hybridized carbons (Fsp3) is 0. The van der Waals surface area contributed by atoms with Gasteiger partial charge in [0.25, 0.3) is 13.4 Å². The van der Waals surface area contributed by atoms with Crippen molar-refractivity contribution >= 4 is 141 Å². The van der Waals surface area contributed by atoms with Gasteiger partial charge in [-0.05, 0) is 118 Å². The lowest BCUT2D eigenvalue weighted by molar-refractivity contribution is 0.488. The van der Waals surface area contributed by atoms with Crippen molar-refractivity contribution in [2.75, 3.05) is 14.7 Å². The van der Waals surface area contributed by atoms with Crippen molar-refractivity contribution in [3.63, 3.8) is 0 Å². The second kappa shape index (κ2) is 13.4. The van der Waals surface area contributed by atoms with E-state index in [2.05, 4.69) is 227 Å². The molecule has 68 heavy (non-hydrogen) atoms. The average molecular weight is 868 g/mol. The smallest absolute Gasteiger partial charge is 0.256 e. The third kappa shape index (κ3) is 4.73. The molecule has 0 aliphatic carbocycles. The van der Waals surface area contributed by atoms with E-state index in [1.54, 1.807) is 0 Å². The van der Waals surface area contributed by atoms with Crippen LogP contribution in [0.2, 0.25) is 0 Å². The maximum absolute atomic E-state index is 7.26. The summed E-state index contributed by atoms with van der Waals surface area (Å²) < 4.78 is 20.5. The fourth-order valence-electron chi connectivity index (χ4n) is 12.2. The van der Waals surface area contributed by atoms with Gasteiger partial charge in [-0.15, -0.1) is 0 Å². The molecule has 4 aliphatic heterocycles. The number of rotatable bonds is 3. The van der Waals surface area contributed by atoms with E-state index in [4.69, 9.17) is 13.6 Å². The Morgan fingerprint density at radius 2 is 0.779 bits per heavy atom. The minimum atomic E-state index is -0.144. The first-order chi connectivity index (χ1) is 33.8. The molecule has 6 nitrogen and oxygen atoms in total. The summed E-state index contributed by atoms with van der Waals surface area (Å²) in [4.78, 5) is 7.36. The van der Waals surface area contributed by atoms with E-state index in [1.807, 2.05) is 0 Å². The highest BCUT2D eigenvalue weighted by Crippen LogP contribution is 2.50. The highest BCUT2D eigenvalue weighted by atomic mass is 16.5. The van der Waals surface area contributed by atoms with E-state index < -0.39 is 0 Å². The number of anilines is 9. The maximum Gasteiger partial charge on any atom is 0.256 e. The molecule has 0 fully saturated rings. The van der Waals surface area contributed by atoms with E-state index in [-0.39, 0.29) is 13.4 Å². The van der Waals surface area contributed by atoms with Gasteiger partial charge in [0.2, 0.25) is 0 Å². The molecule has 0 spiro atoms. The lowest BCUT2D eigenvalue weighted by atomic mass is 9.30. The van der Waals surface area contributed by atoms with Gasteiger partial charge in [0, 0.05) is 56.7 Å². The summed E-state index contributed by atoms with van der Waals surface area (Å²) in [6, 6.07) is 76.3. The van der Waals surface area contributed by atoms with Crippen LogP contribution >= 0.6 is 0 Å². The number of hydrogen-bond donors (Lipinski definition) is 0. The molecule has 0 radical (unpaired) electrons. The number of benzene rings is 10. The molecule has 12 aromatic rings. The van der Waals surface area contributed by atoms with Gasteiger partial charge in [-0.3, -0.25) is 0 Å². The summed E-state index contributed by atoms with van der Waals surface area (Å²) >= 11 is 0. The molecule has 0 saturated heterocycles. The Kier molecular flexibility index (Phi) is 7.15. The number of hydrogen-bond acceptors (Lipinski definition) is 6. The number of ether oxygens (including phenoxy) is 1. The first-order valence-corrected chi connectivity index (χ1v) is 23.3.